The van der Waals surface area contributed by atoms with E-state index in [9.17, 15) is 9.59 Å². The van der Waals surface area contributed by atoms with Gasteiger partial charge in [-0.3, -0.25) is 4.79 Å². The van der Waals surface area contributed by atoms with Crippen molar-refractivity contribution in [1.82, 2.24) is 10.3 Å². The molecule has 0 spiro atoms. The maximum absolute atomic E-state index is 12.0. The number of methoxy groups -OCH3 is 1. The number of amides is 1. The second kappa shape index (κ2) is 6.93. The number of rotatable bonds is 5. The average Bonchev–Trinajstić information content (AvgIpc) is 2.79. The molecule has 116 valence electrons. The third-order valence-corrected chi connectivity index (χ3v) is 3.48. The summed E-state index contributed by atoms with van der Waals surface area (Å²) in [6, 6.07) is 6.15. The average molecular weight is 300 g/mol. The van der Waals surface area contributed by atoms with Gasteiger partial charge in [0.05, 0.1) is 13.5 Å². The van der Waals surface area contributed by atoms with Gasteiger partial charge in [-0.05, 0) is 31.5 Å². The molecule has 1 heterocycles. The Morgan fingerprint density at radius 2 is 2.09 bits per heavy atom. The summed E-state index contributed by atoms with van der Waals surface area (Å²) in [5.74, 6) is -0.516. The number of esters is 1. The van der Waals surface area contributed by atoms with E-state index in [0.29, 0.717) is 13.0 Å². The molecule has 22 heavy (non-hydrogen) atoms. The highest BCUT2D eigenvalue weighted by Crippen LogP contribution is 2.23. The molecule has 0 saturated carbocycles. The van der Waals surface area contributed by atoms with E-state index in [4.69, 9.17) is 0 Å². The molecule has 0 radical (unpaired) electrons. The van der Waals surface area contributed by atoms with E-state index in [1.54, 1.807) is 6.08 Å². The van der Waals surface area contributed by atoms with Gasteiger partial charge in [-0.15, -0.1) is 0 Å². The Balaban J connectivity index is 2.03. The van der Waals surface area contributed by atoms with Gasteiger partial charge in [0.15, 0.2) is 0 Å². The molecule has 0 aliphatic rings. The van der Waals surface area contributed by atoms with Crippen LogP contribution in [0.25, 0.3) is 10.9 Å². The Hall–Kier alpha value is -2.56. The molecule has 2 rings (SSSR count). The first kappa shape index (κ1) is 15.8. The van der Waals surface area contributed by atoms with Crippen LogP contribution >= 0.6 is 0 Å². The smallest absolute Gasteiger partial charge is 0.330 e. The summed E-state index contributed by atoms with van der Waals surface area (Å²) in [5.41, 5.74) is 4.21. The lowest BCUT2D eigenvalue weighted by atomic mass is 10.1. The molecule has 0 unspecified atom stereocenters. The number of aromatic nitrogens is 1. The van der Waals surface area contributed by atoms with Gasteiger partial charge in [-0.25, -0.2) is 4.79 Å². The second-order valence-corrected chi connectivity index (χ2v) is 5.18. The zero-order chi connectivity index (χ0) is 16.1. The number of H-pyrrole nitrogens is 1. The maximum Gasteiger partial charge on any atom is 0.330 e. The normalized spacial score (nSPS) is 11.0. The van der Waals surface area contributed by atoms with Crippen LogP contribution in [0.5, 0.6) is 0 Å². The van der Waals surface area contributed by atoms with Crippen LogP contribution in [0, 0.1) is 13.8 Å². The highest BCUT2D eigenvalue weighted by atomic mass is 16.5. The van der Waals surface area contributed by atoms with E-state index >= 15 is 0 Å². The number of carbonyl (C=O) groups excluding carboxylic acids is 2. The molecule has 1 aromatic heterocycles. The first-order valence-corrected chi connectivity index (χ1v) is 7.10. The standard InChI is InChI=1S/C17H20N2O3/c1-11-6-7-15-14(9-11)13(12(2)19-15)10-16(20)18-8-4-5-17(21)22-3/h4-7,9,19H,8,10H2,1-3H3,(H,18,20)/b5-4+. The minimum Gasteiger partial charge on any atom is -0.466 e. The summed E-state index contributed by atoms with van der Waals surface area (Å²) in [5, 5.41) is 3.84. The van der Waals surface area contributed by atoms with Gasteiger partial charge in [0.1, 0.15) is 0 Å². The van der Waals surface area contributed by atoms with E-state index in [2.05, 4.69) is 21.1 Å². The van der Waals surface area contributed by atoms with Crippen LogP contribution in [-0.2, 0) is 20.7 Å². The third kappa shape index (κ3) is 3.75. The van der Waals surface area contributed by atoms with Gasteiger partial charge in [-0.1, -0.05) is 17.7 Å². The molecule has 0 aliphatic heterocycles. The lowest BCUT2D eigenvalue weighted by Crippen LogP contribution is -2.25. The number of benzene rings is 1. The summed E-state index contributed by atoms with van der Waals surface area (Å²) in [4.78, 5) is 26.2. The van der Waals surface area contributed by atoms with Gasteiger partial charge < -0.3 is 15.0 Å². The van der Waals surface area contributed by atoms with Crippen molar-refractivity contribution in [3.63, 3.8) is 0 Å². The van der Waals surface area contributed by atoms with E-state index < -0.39 is 5.97 Å². The number of carbonyl (C=O) groups is 2. The Bertz CT molecular complexity index is 729. The summed E-state index contributed by atoms with van der Waals surface area (Å²) < 4.78 is 4.48. The number of aromatic amines is 1. The van der Waals surface area contributed by atoms with Crippen molar-refractivity contribution in [2.45, 2.75) is 20.3 Å². The third-order valence-electron chi connectivity index (χ3n) is 3.48. The minimum atomic E-state index is -0.433. The fraction of sp³-hybridized carbons (Fsp3) is 0.294. The van der Waals surface area contributed by atoms with Crippen molar-refractivity contribution in [3.8, 4) is 0 Å². The zero-order valence-electron chi connectivity index (χ0n) is 13.0. The van der Waals surface area contributed by atoms with E-state index in [-0.39, 0.29) is 5.91 Å². The Morgan fingerprint density at radius 3 is 2.82 bits per heavy atom. The second-order valence-electron chi connectivity index (χ2n) is 5.18. The molecule has 0 fully saturated rings. The zero-order valence-corrected chi connectivity index (χ0v) is 13.0. The van der Waals surface area contributed by atoms with Gasteiger partial charge in [0.25, 0.3) is 0 Å². The fourth-order valence-corrected chi connectivity index (χ4v) is 2.34. The van der Waals surface area contributed by atoms with Crippen molar-refractivity contribution in [3.05, 3.63) is 47.2 Å². The predicted molar refractivity (Wildman–Crippen MR) is 85.6 cm³/mol. The number of aryl methyl sites for hydroxylation is 2. The molecule has 1 aromatic carbocycles. The Morgan fingerprint density at radius 1 is 1.32 bits per heavy atom. The van der Waals surface area contributed by atoms with Crippen LogP contribution in [0.15, 0.2) is 30.4 Å². The molecular formula is C17H20N2O3. The molecule has 5 heteroatoms. The molecule has 0 saturated heterocycles. The summed E-state index contributed by atoms with van der Waals surface area (Å²) >= 11 is 0. The van der Waals surface area contributed by atoms with E-state index in [1.807, 2.05) is 26.0 Å². The molecule has 0 atom stereocenters. The molecule has 2 N–H and O–H groups in total. The van der Waals surface area contributed by atoms with Crippen molar-refractivity contribution in [2.75, 3.05) is 13.7 Å². The largest absolute Gasteiger partial charge is 0.466 e. The van der Waals surface area contributed by atoms with Gasteiger partial charge in [-0.2, -0.15) is 0 Å². The number of nitrogens with one attached hydrogen (secondary N) is 2. The van der Waals surface area contributed by atoms with Crippen LogP contribution < -0.4 is 5.32 Å². The lowest BCUT2D eigenvalue weighted by molar-refractivity contribution is -0.134. The molecule has 0 aliphatic carbocycles. The van der Waals surface area contributed by atoms with Gasteiger partial charge >= 0.3 is 5.97 Å². The molecule has 5 nitrogen and oxygen atoms in total. The first-order valence-electron chi connectivity index (χ1n) is 7.10. The summed E-state index contributed by atoms with van der Waals surface area (Å²) in [7, 11) is 1.31. The van der Waals surface area contributed by atoms with Crippen LogP contribution in [0.1, 0.15) is 16.8 Å². The maximum atomic E-state index is 12.0. The van der Waals surface area contributed by atoms with Gasteiger partial charge in [0, 0.05) is 29.2 Å². The fourth-order valence-electron chi connectivity index (χ4n) is 2.34. The lowest BCUT2D eigenvalue weighted by Gasteiger charge is -2.03. The molecular weight excluding hydrogens is 280 g/mol. The quantitative estimate of drug-likeness (QED) is 0.656. The number of hydrogen-bond donors (Lipinski definition) is 2. The monoisotopic (exact) mass is 300 g/mol. The van der Waals surface area contributed by atoms with Crippen molar-refractivity contribution >= 4 is 22.8 Å². The highest BCUT2D eigenvalue weighted by molar-refractivity contribution is 5.90. The van der Waals surface area contributed by atoms with Gasteiger partial charge in [0.2, 0.25) is 5.91 Å². The first-order chi connectivity index (χ1) is 10.5. The Kier molecular flexibility index (Phi) is 4.99. The molecule has 2 aromatic rings. The van der Waals surface area contributed by atoms with E-state index in [0.717, 1.165) is 27.7 Å². The topological polar surface area (TPSA) is 71.2 Å². The number of hydrogen-bond acceptors (Lipinski definition) is 3. The molecule has 1 amide bonds. The van der Waals surface area contributed by atoms with Crippen LogP contribution in [-0.4, -0.2) is 30.5 Å². The van der Waals surface area contributed by atoms with Crippen molar-refractivity contribution in [2.24, 2.45) is 0 Å². The number of fused-ring (bicyclic) bond motifs is 1. The summed E-state index contributed by atoms with van der Waals surface area (Å²) in [6.45, 7) is 4.30. The van der Waals surface area contributed by atoms with Crippen LogP contribution in [0.4, 0.5) is 0 Å². The minimum absolute atomic E-state index is 0.0833. The van der Waals surface area contributed by atoms with Crippen LogP contribution in [0.2, 0.25) is 0 Å². The molecule has 0 bridgehead atoms. The van der Waals surface area contributed by atoms with E-state index in [1.165, 1.54) is 13.2 Å². The number of ether oxygens (including phenoxy) is 1. The highest BCUT2D eigenvalue weighted by Gasteiger charge is 2.12. The summed E-state index contributed by atoms with van der Waals surface area (Å²) in [6.07, 6.45) is 3.16. The van der Waals surface area contributed by atoms with Crippen molar-refractivity contribution in [1.29, 1.82) is 0 Å². The SMILES string of the molecule is COC(=O)/C=C/CNC(=O)Cc1c(C)[nH]c2ccc(C)cc12. The predicted octanol–water partition coefficient (Wildman–Crippen LogP) is 2.17. The van der Waals surface area contributed by atoms with Crippen molar-refractivity contribution < 1.29 is 14.3 Å². The Labute approximate surface area is 129 Å². The van der Waals surface area contributed by atoms with Crippen LogP contribution in [0.3, 0.4) is 0 Å².